The first-order chi connectivity index (χ1) is 10.2. The predicted octanol–water partition coefficient (Wildman–Crippen LogP) is 4.19. The highest BCUT2D eigenvalue weighted by Gasteiger charge is 2.39. The van der Waals surface area contributed by atoms with E-state index in [2.05, 4.69) is 22.5 Å². The summed E-state index contributed by atoms with van der Waals surface area (Å²) in [6, 6.07) is 6.24. The number of benzene rings is 1. The summed E-state index contributed by atoms with van der Waals surface area (Å²) < 4.78 is 27.7. The van der Waals surface area contributed by atoms with Crippen molar-refractivity contribution in [1.29, 1.82) is 0 Å². The first-order valence-corrected chi connectivity index (χ1v) is 7.06. The van der Waals surface area contributed by atoms with Gasteiger partial charge in [-0.05, 0) is 35.6 Å². The van der Waals surface area contributed by atoms with E-state index in [0.29, 0.717) is 11.3 Å². The minimum atomic E-state index is -0.530. The molecule has 0 saturated heterocycles. The number of allylic oxidation sites excluding steroid dienone is 2. The highest BCUT2D eigenvalue weighted by molar-refractivity contribution is 5.60. The molecule has 0 amide bonds. The Bertz CT molecular complexity index is 712. The van der Waals surface area contributed by atoms with Gasteiger partial charge in [-0.2, -0.15) is 0 Å². The van der Waals surface area contributed by atoms with Crippen molar-refractivity contribution in [2.75, 3.05) is 5.32 Å². The zero-order valence-electron chi connectivity index (χ0n) is 11.3. The lowest BCUT2D eigenvalue weighted by Gasteiger charge is -2.37. The van der Waals surface area contributed by atoms with Crippen molar-refractivity contribution in [3.63, 3.8) is 0 Å². The van der Waals surface area contributed by atoms with Crippen molar-refractivity contribution in [1.82, 2.24) is 4.98 Å². The zero-order valence-corrected chi connectivity index (χ0v) is 11.3. The normalized spacial score (nSPS) is 26.1. The molecule has 1 aliphatic carbocycles. The van der Waals surface area contributed by atoms with E-state index in [9.17, 15) is 8.78 Å². The van der Waals surface area contributed by atoms with Crippen LogP contribution in [0.3, 0.4) is 0 Å². The molecule has 1 unspecified atom stereocenters. The first-order valence-electron chi connectivity index (χ1n) is 7.06. The molecule has 21 heavy (non-hydrogen) atoms. The summed E-state index contributed by atoms with van der Waals surface area (Å²) >= 11 is 0. The van der Waals surface area contributed by atoms with Crippen molar-refractivity contribution in [3.8, 4) is 0 Å². The van der Waals surface area contributed by atoms with E-state index in [-0.39, 0.29) is 17.9 Å². The average Bonchev–Trinajstić information content (AvgIpc) is 2.97. The molecular formula is C17H14F2N2. The Balaban J connectivity index is 1.84. The van der Waals surface area contributed by atoms with Gasteiger partial charge in [-0.3, -0.25) is 4.98 Å². The number of hydrogen-bond donors (Lipinski definition) is 1. The topological polar surface area (TPSA) is 24.9 Å². The minimum absolute atomic E-state index is 0.00818. The summed E-state index contributed by atoms with van der Waals surface area (Å²) in [5, 5.41) is 3.26. The number of anilines is 1. The standard InChI is InChI=1S/C17H14F2N2/c18-11-7-14-12-4-1-5-13(12)16(10-3-2-6-20-9-10)21-17(14)15(19)8-11/h1-4,6-9,12-13,16,21H,5H2/t12-,13-,16?/m0/s1. The Morgan fingerprint density at radius 1 is 1.24 bits per heavy atom. The summed E-state index contributed by atoms with van der Waals surface area (Å²) in [5.74, 6) is -0.732. The largest absolute Gasteiger partial charge is 0.375 e. The van der Waals surface area contributed by atoms with Gasteiger partial charge in [-0.15, -0.1) is 0 Å². The second-order valence-corrected chi connectivity index (χ2v) is 5.61. The molecule has 4 rings (SSSR count). The van der Waals surface area contributed by atoms with E-state index in [0.717, 1.165) is 18.1 Å². The molecule has 1 aromatic carbocycles. The summed E-state index contributed by atoms with van der Waals surface area (Å²) in [6.45, 7) is 0. The van der Waals surface area contributed by atoms with E-state index in [1.165, 1.54) is 6.07 Å². The van der Waals surface area contributed by atoms with Crippen LogP contribution in [0.15, 0.2) is 48.8 Å². The third-order valence-corrected chi connectivity index (χ3v) is 4.43. The van der Waals surface area contributed by atoms with Crippen LogP contribution in [0.1, 0.15) is 29.5 Å². The van der Waals surface area contributed by atoms with Crippen LogP contribution in [0.25, 0.3) is 0 Å². The Hall–Kier alpha value is -2.23. The summed E-state index contributed by atoms with van der Waals surface area (Å²) in [7, 11) is 0. The average molecular weight is 284 g/mol. The minimum Gasteiger partial charge on any atom is -0.375 e. The highest BCUT2D eigenvalue weighted by Crippen LogP contribution is 2.50. The van der Waals surface area contributed by atoms with E-state index < -0.39 is 11.6 Å². The highest BCUT2D eigenvalue weighted by atomic mass is 19.1. The van der Waals surface area contributed by atoms with Crippen LogP contribution in [0.2, 0.25) is 0 Å². The third kappa shape index (κ3) is 1.94. The van der Waals surface area contributed by atoms with Crippen LogP contribution in [0, 0.1) is 17.6 Å². The van der Waals surface area contributed by atoms with Crippen LogP contribution < -0.4 is 5.32 Å². The first kappa shape index (κ1) is 12.5. The molecule has 2 heterocycles. The lowest BCUT2D eigenvalue weighted by Crippen LogP contribution is -2.30. The van der Waals surface area contributed by atoms with Gasteiger partial charge in [0.05, 0.1) is 11.7 Å². The molecule has 1 aliphatic heterocycles. The SMILES string of the molecule is Fc1cc(F)c2c(c1)[C@H]1C=CC[C@@H]1C(c1cccnc1)N2. The van der Waals surface area contributed by atoms with Crippen LogP contribution in [0.4, 0.5) is 14.5 Å². The fourth-order valence-corrected chi connectivity index (χ4v) is 3.51. The molecule has 0 fully saturated rings. The number of aromatic nitrogens is 1. The molecule has 0 bridgehead atoms. The molecule has 106 valence electrons. The number of rotatable bonds is 1. The second-order valence-electron chi connectivity index (χ2n) is 5.61. The van der Waals surface area contributed by atoms with E-state index >= 15 is 0 Å². The Morgan fingerprint density at radius 2 is 2.14 bits per heavy atom. The molecule has 2 aliphatic rings. The van der Waals surface area contributed by atoms with Gasteiger partial charge < -0.3 is 5.32 Å². The number of fused-ring (bicyclic) bond motifs is 3. The summed E-state index contributed by atoms with van der Waals surface area (Å²) in [6.07, 6.45) is 8.58. The smallest absolute Gasteiger partial charge is 0.149 e. The van der Waals surface area contributed by atoms with Crippen LogP contribution in [0.5, 0.6) is 0 Å². The fourth-order valence-electron chi connectivity index (χ4n) is 3.51. The van der Waals surface area contributed by atoms with Crippen molar-refractivity contribution in [2.24, 2.45) is 5.92 Å². The molecule has 0 spiro atoms. The van der Waals surface area contributed by atoms with Crippen molar-refractivity contribution < 1.29 is 8.78 Å². The molecule has 1 N–H and O–H groups in total. The quantitative estimate of drug-likeness (QED) is 0.794. The van der Waals surface area contributed by atoms with Gasteiger partial charge in [0.25, 0.3) is 0 Å². The Labute approximate surface area is 121 Å². The second kappa shape index (κ2) is 4.65. The number of nitrogens with one attached hydrogen (secondary N) is 1. The molecule has 2 aromatic rings. The van der Waals surface area contributed by atoms with Gasteiger partial charge in [0, 0.05) is 24.4 Å². The van der Waals surface area contributed by atoms with Gasteiger partial charge in [0.2, 0.25) is 0 Å². The van der Waals surface area contributed by atoms with E-state index in [4.69, 9.17) is 0 Å². The van der Waals surface area contributed by atoms with Crippen LogP contribution >= 0.6 is 0 Å². The van der Waals surface area contributed by atoms with Gasteiger partial charge in [0.15, 0.2) is 0 Å². The maximum Gasteiger partial charge on any atom is 0.149 e. The third-order valence-electron chi connectivity index (χ3n) is 4.43. The molecular weight excluding hydrogens is 270 g/mol. The maximum absolute atomic E-state index is 14.1. The number of nitrogens with zero attached hydrogens (tertiary/aromatic N) is 1. The van der Waals surface area contributed by atoms with Gasteiger partial charge >= 0.3 is 0 Å². The number of pyridine rings is 1. The molecule has 1 aromatic heterocycles. The number of hydrogen-bond acceptors (Lipinski definition) is 2. The predicted molar refractivity (Wildman–Crippen MR) is 76.9 cm³/mol. The van der Waals surface area contributed by atoms with E-state index in [1.54, 1.807) is 12.4 Å². The molecule has 4 heteroatoms. The van der Waals surface area contributed by atoms with Gasteiger partial charge in [-0.25, -0.2) is 8.78 Å². The lowest BCUT2D eigenvalue weighted by molar-refractivity contribution is 0.417. The molecule has 3 atom stereocenters. The van der Waals surface area contributed by atoms with Gasteiger partial charge in [-0.1, -0.05) is 18.2 Å². The van der Waals surface area contributed by atoms with Gasteiger partial charge in [0.1, 0.15) is 11.6 Å². The monoisotopic (exact) mass is 284 g/mol. The van der Waals surface area contributed by atoms with Crippen LogP contribution in [-0.4, -0.2) is 4.98 Å². The fraction of sp³-hybridized carbons (Fsp3) is 0.235. The zero-order chi connectivity index (χ0) is 14.4. The molecule has 2 nitrogen and oxygen atoms in total. The molecule has 0 radical (unpaired) electrons. The Morgan fingerprint density at radius 3 is 2.95 bits per heavy atom. The summed E-state index contributed by atoms with van der Waals surface area (Å²) in [4.78, 5) is 4.15. The molecule has 0 saturated carbocycles. The maximum atomic E-state index is 14.1. The Kier molecular flexibility index (Phi) is 2.77. The summed E-state index contributed by atoms with van der Waals surface area (Å²) in [5.41, 5.74) is 2.16. The number of halogens is 2. The van der Waals surface area contributed by atoms with Crippen LogP contribution in [-0.2, 0) is 0 Å². The van der Waals surface area contributed by atoms with E-state index in [1.807, 2.05) is 12.1 Å². The van der Waals surface area contributed by atoms with Crippen molar-refractivity contribution in [3.05, 3.63) is 71.6 Å². The van der Waals surface area contributed by atoms with Crippen molar-refractivity contribution >= 4 is 5.69 Å². The lowest BCUT2D eigenvalue weighted by atomic mass is 9.77. The van der Waals surface area contributed by atoms with Crippen molar-refractivity contribution in [2.45, 2.75) is 18.4 Å².